The van der Waals surface area contributed by atoms with Crippen LogP contribution in [0.2, 0.25) is 0 Å². The highest BCUT2D eigenvalue weighted by Gasteiger charge is 2.39. The molecule has 0 bridgehead atoms. The maximum absolute atomic E-state index is 13.5. The summed E-state index contributed by atoms with van der Waals surface area (Å²) in [5.41, 5.74) is 6.71. The number of amides is 6. The van der Waals surface area contributed by atoms with Gasteiger partial charge in [0.05, 0.1) is 78.2 Å². The van der Waals surface area contributed by atoms with Crippen LogP contribution in [-0.2, 0) is 54.3 Å². The average Bonchev–Trinajstić information content (AvgIpc) is 3.43. The Morgan fingerprint density at radius 3 is 1.96 bits per heavy atom. The van der Waals surface area contributed by atoms with E-state index in [2.05, 4.69) is 16.0 Å². The van der Waals surface area contributed by atoms with E-state index in [1.54, 1.807) is 12.1 Å². The molecule has 0 saturated carbocycles. The van der Waals surface area contributed by atoms with E-state index in [1.807, 2.05) is 53.7 Å². The molecule has 16 heteroatoms. The van der Waals surface area contributed by atoms with Crippen molar-refractivity contribution < 1.29 is 52.5 Å². The summed E-state index contributed by atoms with van der Waals surface area (Å²) in [4.78, 5) is 76.5. The van der Waals surface area contributed by atoms with Crippen molar-refractivity contribution in [1.82, 2.24) is 15.5 Å². The summed E-state index contributed by atoms with van der Waals surface area (Å²) in [5.74, 6) is -2.26. The molecule has 1 aliphatic rings. The quantitative estimate of drug-likeness (QED) is 0.0656. The van der Waals surface area contributed by atoms with Gasteiger partial charge >= 0.3 is 6.03 Å². The molecule has 2 rings (SSSR count). The van der Waals surface area contributed by atoms with E-state index in [-0.39, 0.29) is 105 Å². The summed E-state index contributed by atoms with van der Waals surface area (Å²) in [5, 5.41) is 8.21. The number of rotatable bonds is 30. The fourth-order valence-electron chi connectivity index (χ4n) is 5.86. The third-order valence-electron chi connectivity index (χ3n) is 9.11. The number of primary amides is 1. The number of Topliss-reactive ketones (excluding diaryl/α,β-unsaturated/α-hetero) is 1. The minimum absolute atomic E-state index is 0.0406. The van der Waals surface area contributed by atoms with E-state index in [0.29, 0.717) is 58.2 Å². The second kappa shape index (κ2) is 26.8. The van der Waals surface area contributed by atoms with Crippen molar-refractivity contribution in [3.05, 3.63) is 29.8 Å². The fraction of sp³-hybridized carbons (Fsp3) is 0.700. The molecule has 316 valence electrons. The van der Waals surface area contributed by atoms with Crippen molar-refractivity contribution in [2.45, 2.75) is 92.4 Å². The number of nitrogens with one attached hydrogen (secondary N) is 3. The molecule has 16 nitrogen and oxygen atoms in total. The zero-order valence-electron chi connectivity index (χ0n) is 34.1. The average molecular weight is 792 g/mol. The van der Waals surface area contributed by atoms with E-state index in [0.717, 1.165) is 5.56 Å². The molecule has 0 aliphatic carbocycles. The molecule has 6 amide bonds. The topological polar surface area (TPSA) is 214 Å². The van der Waals surface area contributed by atoms with Crippen molar-refractivity contribution in [1.29, 1.82) is 0 Å². The number of ether oxygens (including phenoxy) is 5. The zero-order valence-corrected chi connectivity index (χ0v) is 34.1. The second-order valence-corrected chi connectivity index (χ2v) is 14.8. The van der Waals surface area contributed by atoms with Crippen LogP contribution < -0.4 is 21.7 Å². The van der Waals surface area contributed by atoms with Gasteiger partial charge in [-0.05, 0) is 56.2 Å². The first-order valence-electron chi connectivity index (χ1n) is 19.7. The molecule has 0 radical (unpaired) electrons. The Morgan fingerprint density at radius 2 is 1.43 bits per heavy atom. The van der Waals surface area contributed by atoms with Crippen LogP contribution in [0.5, 0.6) is 0 Å². The highest BCUT2D eigenvalue weighted by molar-refractivity contribution is 6.03. The Bertz CT molecular complexity index is 1370. The van der Waals surface area contributed by atoms with E-state index < -0.39 is 18.0 Å². The molecular weight excluding hydrogens is 726 g/mol. The van der Waals surface area contributed by atoms with Gasteiger partial charge in [-0.25, -0.2) is 4.79 Å². The predicted octanol–water partition coefficient (Wildman–Crippen LogP) is 3.20. The predicted molar refractivity (Wildman–Crippen MR) is 209 cm³/mol. The Morgan fingerprint density at radius 1 is 0.839 bits per heavy atom. The molecule has 1 aromatic rings. The number of benzene rings is 1. The number of hydrogen-bond acceptors (Lipinski definition) is 11. The van der Waals surface area contributed by atoms with Gasteiger partial charge < -0.3 is 45.4 Å². The lowest BCUT2D eigenvalue weighted by atomic mass is 9.89. The molecule has 1 unspecified atom stereocenters. The standard InChI is InChI=1S/C40H65N5O11/c1-27(2)33-25-36(48)45(39(33)50)15-17-53-19-21-55-23-22-54-20-18-52-16-13-35(47)44-37(28(3)4)34(46)24-31(8-7-14-42-40(41)51)38(49)43-32-11-9-30(10-12-32)26-56-29(5)6/h9-12,27-29,31,33,37H,7-8,13-26H2,1-6H3,(H,43,49)(H,44,47)(H3,41,42,51)/t31-,33?,37+/m1/s1. The van der Waals surface area contributed by atoms with Gasteiger partial charge in [-0.15, -0.1) is 0 Å². The first kappa shape index (κ1) is 48.2. The van der Waals surface area contributed by atoms with Gasteiger partial charge in [0, 0.05) is 43.3 Å². The molecule has 1 saturated heterocycles. The lowest BCUT2D eigenvalue weighted by molar-refractivity contribution is -0.140. The summed E-state index contributed by atoms with van der Waals surface area (Å²) < 4.78 is 27.6. The molecule has 1 aromatic carbocycles. The SMILES string of the molecule is CC(C)OCc1ccc(NC(=O)[C@H](CCCNC(N)=O)CC(=O)[C@@H](NC(=O)CCOCCOCCOCCOCCN2C(=O)CC(C(C)C)C2=O)C(C)C)cc1. The minimum atomic E-state index is -0.800. The number of urea groups is 1. The number of nitrogens with zero attached hydrogens (tertiary/aromatic N) is 1. The third kappa shape index (κ3) is 19.3. The van der Waals surface area contributed by atoms with Gasteiger partial charge in [-0.3, -0.25) is 28.9 Å². The van der Waals surface area contributed by atoms with E-state index >= 15 is 0 Å². The Balaban J connectivity index is 1.66. The Labute approximate surface area is 331 Å². The van der Waals surface area contributed by atoms with Gasteiger partial charge in [-0.1, -0.05) is 39.8 Å². The highest BCUT2D eigenvalue weighted by Crippen LogP contribution is 2.26. The van der Waals surface area contributed by atoms with Gasteiger partial charge in [0.25, 0.3) is 0 Å². The third-order valence-corrected chi connectivity index (χ3v) is 9.11. The molecule has 1 heterocycles. The summed E-state index contributed by atoms with van der Waals surface area (Å²) in [6.07, 6.45) is 1.04. The number of nitrogens with two attached hydrogens (primary N) is 1. The number of anilines is 1. The molecule has 5 N–H and O–H groups in total. The largest absolute Gasteiger partial charge is 0.379 e. The maximum atomic E-state index is 13.5. The Kier molecular flexibility index (Phi) is 23.1. The van der Waals surface area contributed by atoms with Crippen molar-refractivity contribution in [3.8, 4) is 0 Å². The summed E-state index contributed by atoms with van der Waals surface area (Å²) in [6.45, 7) is 14.7. The smallest absolute Gasteiger partial charge is 0.312 e. The zero-order chi connectivity index (χ0) is 41.5. The second-order valence-electron chi connectivity index (χ2n) is 14.8. The van der Waals surface area contributed by atoms with Crippen LogP contribution in [0.15, 0.2) is 24.3 Å². The molecule has 0 aromatic heterocycles. The van der Waals surface area contributed by atoms with Crippen LogP contribution in [0, 0.1) is 23.7 Å². The van der Waals surface area contributed by atoms with Crippen LogP contribution in [-0.4, -0.2) is 118 Å². The van der Waals surface area contributed by atoms with Crippen LogP contribution in [0.25, 0.3) is 0 Å². The highest BCUT2D eigenvalue weighted by atomic mass is 16.6. The summed E-state index contributed by atoms with van der Waals surface area (Å²) >= 11 is 0. The van der Waals surface area contributed by atoms with E-state index in [9.17, 15) is 28.8 Å². The summed E-state index contributed by atoms with van der Waals surface area (Å²) in [6, 6.07) is 5.81. The molecule has 1 aliphatic heterocycles. The monoisotopic (exact) mass is 791 g/mol. The van der Waals surface area contributed by atoms with Crippen LogP contribution in [0.4, 0.5) is 10.5 Å². The number of hydrogen-bond donors (Lipinski definition) is 4. The number of likely N-dealkylation sites (tertiary alicyclic amines) is 1. The van der Waals surface area contributed by atoms with Crippen LogP contribution in [0.3, 0.4) is 0 Å². The Hall–Kier alpha value is -3.96. The van der Waals surface area contributed by atoms with E-state index in [4.69, 9.17) is 29.4 Å². The van der Waals surface area contributed by atoms with Crippen LogP contribution >= 0.6 is 0 Å². The molecule has 3 atom stereocenters. The number of ketones is 1. The molecule has 1 fully saturated rings. The van der Waals surface area contributed by atoms with Crippen molar-refractivity contribution >= 4 is 41.1 Å². The first-order valence-corrected chi connectivity index (χ1v) is 19.7. The summed E-state index contributed by atoms with van der Waals surface area (Å²) in [7, 11) is 0. The van der Waals surface area contributed by atoms with Gasteiger partial charge in [0.15, 0.2) is 5.78 Å². The van der Waals surface area contributed by atoms with Crippen molar-refractivity contribution in [2.24, 2.45) is 29.4 Å². The molecular formula is C40H65N5O11. The lowest BCUT2D eigenvalue weighted by Crippen LogP contribution is -2.45. The fourth-order valence-corrected chi connectivity index (χ4v) is 5.86. The first-order chi connectivity index (χ1) is 26.7. The normalized spacial score (nSPS) is 15.4. The van der Waals surface area contributed by atoms with Crippen molar-refractivity contribution in [3.63, 3.8) is 0 Å². The molecule has 56 heavy (non-hydrogen) atoms. The van der Waals surface area contributed by atoms with Gasteiger partial charge in [0.2, 0.25) is 23.6 Å². The maximum Gasteiger partial charge on any atom is 0.312 e. The van der Waals surface area contributed by atoms with Gasteiger partial charge in [0.1, 0.15) is 0 Å². The number of carbonyl (C=O) groups excluding carboxylic acids is 6. The van der Waals surface area contributed by atoms with Crippen LogP contribution in [0.1, 0.15) is 79.2 Å². The lowest BCUT2D eigenvalue weighted by Gasteiger charge is -2.24. The number of imide groups is 1. The van der Waals surface area contributed by atoms with Crippen molar-refractivity contribution in [2.75, 3.05) is 71.3 Å². The van der Waals surface area contributed by atoms with Gasteiger partial charge in [-0.2, -0.15) is 0 Å². The minimum Gasteiger partial charge on any atom is -0.379 e. The molecule has 0 spiro atoms. The number of carbonyl (C=O) groups is 6. The van der Waals surface area contributed by atoms with E-state index in [1.165, 1.54) is 4.90 Å².